The van der Waals surface area contributed by atoms with Crippen molar-refractivity contribution in [3.05, 3.63) is 29.3 Å². The summed E-state index contributed by atoms with van der Waals surface area (Å²) in [4.78, 5) is 11.3. The lowest BCUT2D eigenvalue weighted by Gasteiger charge is -2.08. The van der Waals surface area contributed by atoms with Crippen LogP contribution in [0, 0.1) is 0 Å². The van der Waals surface area contributed by atoms with E-state index >= 15 is 0 Å². The van der Waals surface area contributed by atoms with E-state index in [-0.39, 0.29) is 13.3 Å². The van der Waals surface area contributed by atoms with Crippen molar-refractivity contribution in [1.82, 2.24) is 0 Å². The molecular weight excluding hydrogens is 196 g/mol. The summed E-state index contributed by atoms with van der Waals surface area (Å²) in [5, 5.41) is 0. The molecule has 15 heavy (non-hydrogen) atoms. The summed E-state index contributed by atoms with van der Waals surface area (Å²) in [6.07, 6.45) is 0. The van der Waals surface area contributed by atoms with Crippen LogP contribution >= 0.6 is 0 Å². The van der Waals surface area contributed by atoms with Crippen molar-refractivity contribution in [2.24, 2.45) is 11.5 Å². The fourth-order valence-corrected chi connectivity index (χ4v) is 1.23. The summed E-state index contributed by atoms with van der Waals surface area (Å²) in [6.45, 7) is 0.327. The molecule has 5 nitrogen and oxygen atoms in total. The maximum Gasteiger partial charge on any atom is 0.338 e. The van der Waals surface area contributed by atoms with Crippen molar-refractivity contribution in [1.29, 1.82) is 0 Å². The highest BCUT2D eigenvalue weighted by molar-refractivity contribution is 5.91. The number of ether oxygens (including phenoxy) is 2. The molecule has 0 fully saturated rings. The Kier molecular flexibility index (Phi) is 4.08. The third-order valence-electron chi connectivity index (χ3n) is 1.95. The van der Waals surface area contributed by atoms with Gasteiger partial charge in [-0.3, -0.25) is 5.73 Å². The highest BCUT2D eigenvalue weighted by Gasteiger charge is 2.11. The van der Waals surface area contributed by atoms with Gasteiger partial charge in [0.15, 0.2) is 0 Å². The first-order valence-electron chi connectivity index (χ1n) is 4.47. The van der Waals surface area contributed by atoms with Crippen LogP contribution in [0.3, 0.4) is 0 Å². The lowest BCUT2D eigenvalue weighted by molar-refractivity contribution is 0.0599. The molecule has 0 aliphatic rings. The maximum absolute atomic E-state index is 11.3. The zero-order valence-electron chi connectivity index (χ0n) is 8.53. The van der Waals surface area contributed by atoms with E-state index < -0.39 is 5.97 Å². The predicted octanol–water partition coefficient (Wildman–Crippen LogP) is 0.227. The number of hydrogen-bond donors (Lipinski definition) is 2. The van der Waals surface area contributed by atoms with Crippen LogP contribution in [0.5, 0.6) is 5.75 Å². The van der Waals surface area contributed by atoms with Gasteiger partial charge >= 0.3 is 5.97 Å². The number of carbonyl (C=O) groups excluding carboxylic acids is 1. The van der Waals surface area contributed by atoms with Gasteiger partial charge in [-0.25, -0.2) is 4.79 Å². The number of methoxy groups -OCH3 is 1. The minimum atomic E-state index is -0.408. The third kappa shape index (κ3) is 2.68. The Balaban J connectivity index is 3.03. The second-order valence-corrected chi connectivity index (χ2v) is 2.83. The van der Waals surface area contributed by atoms with E-state index in [0.717, 1.165) is 0 Å². The Morgan fingerprint density at radius 3 is 2.67 bits per heavy atom. The van der Waals surface area contributed by atoms with Gasteiger partial charge in [0.05, 0.1) is 12.7 Å². The standard InChI is InChI=1S/C10H14N2O3/c1-14-10(13)9-3-2-8(15-6-12)4-7(9)5-11/h2-4H,5-6,11-12H2,1H3. The Morgan fingerprint density at radius 2 is 2.13 bits per heavy atom. The molecule has 0 aromatic heterocycles. The molecule has 0 atom stereocenters. The molecule has 0 aliphatic heterocycles. The summed E-state index contributed by atoms with van der Waals surface area (Å²) < 4.78 is 9.71. The molecule has 0 bridgehead atoms. The molecule has 1 aromatic carbocycles. The molecular formula is C10H14N2O3. The average molecular weight is 210 g/mol. The molecule has 0 aliphatic carbocycles. The van der Waals surface area contributed by atoms with Gasteiger partial charge in [-0.15, -0.1) is 0 Å². The predicted molar refractivity (Wildman–Crippen MR) is 55.4 cm³/mol. The van der Waals surface area contributed by atoms with Crippen molar-refractivity contribution < 1.29 is 14.3 Å². The third-order valence-corrected chi connectivity index (χ3v) is 1.95. The van der Waals surface area contributed by atoms with Crippen LogP contribution in [-0.2, 0) is 11.3 Å². The van der Waals surface area contributed by atoms with Crippen molar-refractivity contribution in [2.75, 3.05) is 13.8 Å². The first kappa shape index (κ1) is 11.5. The van der Waals surface area contributed by atoms with Crippen LogP contribution < -0.4 is 16.2 Å². The minimum Gasteiger partial charge on any atom is -0.479 e. The number of hydrogen-bond acceptors (Lipinski definition) is 5. The zero-order valence-corrected chi connectivity index (χ0v) is 8.53. The number of carbonyl (C=O) groups is 1. The Labute approximate surface area is 88.0 Å². The molecule has 82 valence electrons. The lowest BCUT2D eigenvalue weighted by atomic mass is 10.1. The smallest absolute Gasteiger partial charge is 0.338 e. The van der Waals surface area contributed by atoms with Gasteiger partial charge in [0.25, 0.3) is 0 Å². The van der Waals surface area contributed by atoms with Gasteiger partial charge in [-0.05, 0) is 23.8 Å². The number of esters is 1. The summed E-state index contributed by atoms with van der Waals surface area (Å²) in [5.41, 5.74) is 11.9. The van der Waals surface area contributed by atoms with E-state index in [1.54, 1.807) is 18.2 Å². The normalized spacial score (nSPS) is 9.80. The van der Waals surface area contributed by atoms with Crippen molar-refractivity contribution in [2.45, 2.75) is 6.54 Å². The maximum atomic E-state index is 11.3. The van der Waals surface area contributed by atoms with E-state index in [2.05, 4.69) is 4.74 Å². The lowest BCUT2D eigenvalue weighted by Crippen LogP contribution is -2.11. The van der Waals surface area contributed by atoms with Crippen LogP contribution in [0.4, 0.5) is 0 Å². The summed E-state index contributed by atoms with van der Waals surface area (Å²) in [5.74, 6) is 0.181. The number of benzene rings is 1. The highest BCUT2D eigenvalue weighted by atomic mass is 16.5. The van der Waals surface area contributed by atoms with E-state index in [0.29, 0.717) is 16.9 Å². The molecule has 4 N–H and O–H groups in total. The molecule has 0 saturated heterocycles. The summed E-state index contributed by atoms with van der Waals surface area (Å²) in [6, 6.07) is 4.94. The van der Waals surface area contributed by atoms with Gasteiger partial charge in [0, 0.05) is 6.54 Å². The van der Waals surface area contributed by atoms with E-state index in [9.17, 15) is 4.79 Å². The monoisotopic (exact) mass is 210 g/mol. The molecule has 0 heterocycles. The second kappa shape index (κ2) is 5.33. The van der Waals surface area contributed by atoms with Gasteiger partial charge in [-0.1, -0.05) is 0 Å². The van der Waals surface area contributed by atoms with E-state index in [1.807, 2.05) is 0 Å². The molecule has 0 radical (unpaired) electrons. The average Bonchev–Trinajstić information content (AvgIpc) is 2.28. The van der Waals surface area contributed by atoms with Crippen molar-refractivity contribution >= 4 is 5.97 Å². The Morgan fingerprint density at radius 1 is 1.40 bits per heavy atom. The second-order valence-electron chi connectivity index (χ2n) is 2.83. The molecule has 0 saturated carbocycles. The Bertz CT molecular complexity index is 353. The Hall–Kier alpha value is -1.59. The first-order chi connectivity index (χ1) is 7.22. The number of rotatable bonds is 4. The quantitative estimate of drug-likeness (QED) is 0.548. The molecule has 5 heteroatoms. The van der Waals surface area contributed by atoms with Crippen molar-refractivity contribution in [3.8, 4) is 5.75 Å². The largest absolute Gasteiger partial charge is 0.479 e. The van der Waals surface area contributed by atoms with Gasteiger partial charge in [0.1, 0.15) is 12.5 Å². The van der Waals surface area contributed by atoms with Crippen LogP contribution in [0.1, 0.15) is 15.9 Å². The first-order valence-corrected chi connectivity index (χ1v) is 4.47. The SMILES string of the molecule is COC(=O)c1ccc(OCN)cc1CN. The van der Waals surface area contributed by atoms with Gasteiger partial charge in [-0.2, -0.15) is 0 Å². The van der Waals surface area contributed by atoms with Crippen LogP contribution in [0.15, 0.2) is 18.2 Å². The zero-order chi connectivity index (χ0) is 11.3. The molecule has 1 rings (SSSR count). The minimum absolute atomic E-state index is 0.0849. The van der Waals surface area contributed by atoms with Gasteiger partial charge < -0.3 is 15.2 Å². The van der Waals surface area contributed by atoms with Crippen LogP contribution in [-0.4, -0.2) is 19.8 Å². The summed E-state index contributed by atoms with van der Waals surface area (Å²) in [7, 11) is 1.33. The fraction of sp³-hybridized carbons (Fsp3) is 0.300. The molecule has 0 spiro atoms. The highest BCUT2D eigenvalue weighted by Crippen LogP contribution is 2.18. The summed E-state index contributed by atoms with van der Waals surface area (Å²) >= 11 is 0. The molecule has 1 aromatic rings. The van der Waals surface area contributed by atoms with Crippen LogP contribution in [0.2, 0.25) is 0 Å². The number of nitrogens with two attached hydrogens (primary N) is 2. The van der Waals surface area contributed by atoms with Crippen molar-refractivity contribution in [3.63, 3.8) is 0 Å². The van der Waals surface area contributed by atoms with Gasteiger partial charge in [0.2, 0.25) is 0 Å². The molecule has 0 unspecified atom stereocenters. The topological polar surface area (TPSA) is 87.6 Å². The van der Waals surface area contributed by atoms with E-state index in [1.165, 1.54) is 7.11 Å². The fourth-order valence-electron chi connectivity index (χ4n) is 1.23. The van der Waals surface area contributed by atoms with Crippen LogP contribution in [0.25, 0.3) is 0 Å². The van der Waals surface area contributed by atoms with E-state index in [4.69, 9.17) is 16.2 Å². The molecule has 0 amide bonds.